The molecule has 1 saturated heterocycles. The minimum Gasteiger partial charge on any atom is -0.455 e. The molecular weight excluding hydrogens is 412 g/mol. The normalized spacial score (nSPS) is 18.0. The molecule has 2 aromatic carbocycles. The molecular formula is C23H22N4O5. The van der Waals surface area contributed by atoms with E-state index in [4.69, 9.17) is 4.74 Å². The minimum absolute atomic E-state index is 0.0876. The zero-order valence-electron chi connectivity index (χ0n) is 17.4. The summed E-state index contributed by atoms with van der Waals surface area (Å²) in [6.07, 6.45) is 2.38. The first-order chi connectivity index (χ1) is 15.4. The number of esters is 1. The summed E-state index contributed by atoms with van der Waals surface area (Å²) in [5.41, 5.74) is 3.43. The maximum absolute atomic E-state index is 12.8. The van der Waals surface area contributed by atoms with Gasteiger partial charge in [-0.3, -0.25) is 19.8 Å². The number of imide groups is 1. The molecule has 0 spiro atoms. The van der Waals surface area contributed by atoms with Crippen LogP contribution in [0.3, 0.4) is 0 Å². The monoisotopic (exact) mass is 434 g/mol. The number of rotatable bonds is 7. The summed E-state index contributed by atoms with van der Waals surface area (Å²) in [6.45, 7) is 0.950. The lowest BCUT2D eigenvalue weighted by Gasteiger charge is -2.22. The average molecular weight is 434 g/mol. The fourth-order valence-corrected chi connectivity index (χ4v) is 3.66. The SMILES string of the molecule is C[C@@]1(c2ccccc2)NC(=O)N(NC(=O)COC(=O)CCc2c[nH]c3ccccc23)C1=O. The number of para-hydroxylation sites is 1. The summed E-state index contributed by atoms with van der Waals surface area (Å²) >= 11 is 0. The van der Waals surface area contributed by atoms with Crippen LogP contribution >= 0.6 is 0 Å². The summed E-state index contributed by atoms with van der Waals surface area (Å²) in [4.78, 5) is 52.4. The van der Waals surface area contributed by atoms with Gasteiger partial charge in [0.2, 0.25) is 0 Å². The second-order valence-electron chi connectivity index (χ2n) is 7.62. The Balaban J connectivity index is 1.28. The molecule has 0 radical (unpaired) electrons. The van der Waals surface area contributed by atoms with Crippen molar-refractivity contribution in [3.63, 3.8) is 0 Å². The van der Waals surface area contributed by atoms with Gasteiger partial charge < -0.3 is 15.0 Å². The van der Waals surface area contributed by atoms with Crippen molar-refractivity contribution in [3.8, 4) is 0 Å². The topological polar surface area (TPSA) is 121 Å². The number of nitrogens with zero attached hydrogens (tertiary/aromatic N) is 1. The molecule has 1 aromatic heterocycles. The van der Waals surface area contributed by atoms with Crippen LogP contribution in [-0.2, 0) is 31.1 Å². The highest BCUT2D eigenvalue weighted by Crippen LogP contribution is 2.27. The van der Waals surface area contributed by atoms with E-state index in [0.717, 1.165) is 16.5 Å². The van der Waals surface area contributed by atoms with Gasteiger partial charge in [-0.2, -0.15) is 5.01 Å². The molecule has 9 nitrogen and oxygen atoms in total. The Morgan fingerprint density at radius 1 is 1.06 bits per heavy atom. The quantitative estimate of drug-likeness (QED) is 0.389. The van der Waals surface area contributed by atoms with Gasteiger partial charge in [-0.1, -0.05) is 48.5 Å². The first-order valence-electron chi connectivity index (χ1n) is 10.1. The summed E-state index contributed by atoms with van der Waals surface area (Å²) < 4.78 is 5.00. The van der Waals surface area contributed by atoms with Crippen molar-refractivity contribution in [1.29, 1.82) is 0 Å². The molecule has 2 heterocycles. The van der Waals surface area contributed by atoms with Crippen LogP contribution in [0.4, 0.5) is 4.79 Å². The predicted molar refractivity (Wildman–Crippen MR) is 115 cm³/mol. The third kappa shape index (κ3) is 4.04. The van der Waals surface area contributed by atoms with E-state index in [1.54, 1.807) is 37.3 Å². The van der Waals surface area contributed by atoms with Gasteiger partial charge in [0.15, 0.2) is 6.61 Å². The van der Waals surface area contributed by atoms with E-state index in [0.29, 0.717) is 17.0 Å². The van der Waals surface area contributed by atoms with Crippen molar-refractivity contribution in [2.24, 2.45) is 0 Å². The molecule has 32 heavy (non-hydrogen) atoms. The zero-order valence-corrected chi connectivity index (χ0v) is 17.4. The van der Waals surface area contributed by atoms with Crippen LogP contribution in [0.2, 0.25) is 0 Å². The van der Waals surface area contributed by atoms with Gasteiger partial charge in [0.05, 0.1) is 0 Å². The fourth-order valence-electron chi connectivity index (χ4n) is 3.66. The zero-order chi connectivity index (χ0) is 22.7. The second kappa shape index (κ2) is 8.54. The Labute approximate surface area is 183 Å². The lowest BCUT2D eigenvalue weighted by molar-refractivity contribution is -0.150. The third-order valence-electron chi connectivity index (χ3n) is 5.42. The first kappa shape index (κ1) is 21.1. The molecule has 0 saturated carbocycles. The Morgan fingerprint density at radius 3 is 2.56 bits per heavy atom. The van der Waals surface area contributed by atoms with Gasteiger partial charge in [0.25, 0.3) is 11.8 Å². The largest absolute Gasteiger partial charge is 0.455 e. The van der Waals surface area contributed by atoms with Crippen LogP contribution in [-0.4, -0.2) is 40.4 Å². The highest BCUT2D eigenvalue weighted by Gasteiger charge is 2.50. The van der Waals surface area contributed by atoms with E-state index in [-0.39, 0.29) is 6.42 Å². The Kier molecular flexibility index (Phi) is 5.63. The van der Waals surface area contributed by atoms with E-state index in [1.807, 2.05) is 30.5 Å². The number of carbonyl (C=O) groups is 4. The molecule has 164 valence electrons. The summed E-state index contributed by atoms with van der Waals surface area (Å²) in [7, 11) is 0. The molecule has 4 rings (SSSR count). The van der Waals surface area contributed by atoms with E-state index >= 15 is 0 Å². The number of hydrogen-bond acceptors (Lipinski definition) is 5. The molecule has 1 atom stereocenters. The number of amides is 4. The number of H-pyrrole nitrogens is 1. The molecule has 3 N–H and O–H groups in total. The second-order valence-corrected chi connectivity index (χ2v) is 7.62. The van der Waals surface area contributed by atoms with Gasteiger partial charge in [-0.15, -0.1) is 0 Å². The number of aryl methyl sites for hydroxylation is 1. The third-order valence-corrected chi connectivity index (χ3v) is 5.42. The molecule has 9 heteroatoms. The van der Waals surface area contributed by atoms with Crippen molar-refractivity contribution in [2.75, 3.05) is 6.61 Å². The van der Waals surface area contributed by atoms with E-state index < -0.39 is 36.0 Å². The van der Waals surface area contributed by atoms with Crippen LogP contribution in [0.25, 0.3) is 10.9 Å². The summed E-state index contributed by atoms with van der Waals surface area (Å²) in [6, 6.07) is 15.7. The number of fused-ring (bicyclic) bond motifs is 1. The van der Waals surface area contributed by atoms with Crippen molar-refractivity contribution < 1.29 is 23.9 Å². The van der Waals surface area contributed by atoms with Crippen molar-refractivity contribution >= 4 is 34.7 Å². The highest BCUT2D eigenvalue weighted by molar-refractivity contribution is 6.08. The number of benzene rings is 2. The molecule has 3 aromatic rings. The van der Waals surface area contributed by atoms with Crippen LogP contribution in [0.5, 0.6) is 0 Å². The predicted octanol–water partition coefficient (Wildman–Crippen LogP) is 2.14. The lowest BCUT2D eigenvalue weighted by atomic mass is 9.92. The smallest absolute Gasteiger partial charge is 0.344 e. The highest BCUT2D eigenvalue weighted by atomic mass is 16.5. The molecule has 1 aliphatic heterocycles. The maximum atomic E-state index is 12.8. The maximum Gasteiger partial charge on any atom is 0.344 e. The van der Waals surface area contributed by atoms with Gasteiger partial charge in [0, 0.05) is 23.5 Å². The van der Waals surface area contributed by atoms with Crippen LogP contribution in [0.1, 0.15) is 24.5 Å². The number of aromatic amines is 1. The molecule has 1 fully saturated rings. The number of aromatic nitrogens is 1. The van der Waals surface area contributed by atoms with Crippen molar-refractivity contribution in [3.05, 3.63) is 71.9 Å². The number of hydrogen-bond donors (Lipinski definition) is 3. The molecule has 0 bridgehead atoms. The Hall–Kier alpha value is -4.14. The molecule has 4 amide bonds. The number of nitrogens with one attached hydrogen (secondary N) is 3. The average Bonchev–Trinajstić information content (AvgIpc) is 3.31. The van der Waals surface area contributed by atoms with Crippen molar-refractivity contribution in [2.45, 2.75) is 25.3 Å². The number of urea groups is 1. The number of hydrazine groups is 1. The lowest BCUT2D eigenvalue weighted by Crippen LogP contribution is -2.49. The van der Waals surface area contributed by atoms with E-state index in [1.165, 1.54) is 0 Å². The number of ether oxygens (including phenoxy) is 1. The molecule has 1 aliphatic rings. The Bertz CT molecular complexity index is 1190. The summed E-state index contributed by atoms with van der Waals surface area (Å²) in [5.74, 6) is -1.98. The van der Waals surface area contributed by atoms with Crippen LogP contribution in [0, 0.1) is 0 Å². The fraction of sp³-hybridized carbons (Fsp3) is 0.217. The molecule has 0 aliphatic carbocycles. The summed E-state index contributed by atoms with van der Waals surface area (Å²) in [5, 5.41) is 4.21. The van der Waals surface area contributed by atoms with E-state index in [9.17, 15) is 19.2 Å². The minimum atomic E-state index is -1.30. The van der Waals surface area contributed by atoms with E-state index in [2.05, 4.69) is 15.7 Å². The van der Waals surface area contributed by atoms with Gasteiger partial charge in [-0.05, 0) is 30.5 Å². The first-order valence-corrected chi connectivity index (χ1v) is 10.1. The van der Waals surface area contributed by atoms with Crippen molar-refractivity contribution in [1.82, 2.24) is 20.7 Å². The van der Waals surface area contributed by atoms with Gasteiger partial charge in [-0.25, -0.2) is 4.79 Å². The standard InChI is InChI=1S/C23H22N4O5/c1-23(16-7-3-2-4-8-16)21(30)27(22(31)25-23)26-19(28)14-32-20(29)12-11-15-13-24-18-10-6-5-9-17(15)18/h2-10,13,24H,11-12,14H2,1H3,(H,25,31)(H,26,28)/t23-/m0/s1. The van der Waals surface area contributed by atoms with Crippen LogP contribution in [0.15, 0.2) is 60.8 Å². The van der Waals surface area contributed by atoms with Gasteiger partial charge in [0.1, 0.15) is 5.54 Å². The Morgan fingerprint density at radius 2 is 1.78 bits per heavy atom. The molecule has 0 unspecified atom stereocenters. The van der Waals surface area contributed by atoms with Crippen LogP contribution < -0.4 is 10.7 Å². The number of carbonyl (C=O) groups excluding carboxylic acids is 4. The van der Waals surface area contributed by atoms with Gasteiger partial charge >= 0.3 is 12.0 Å².